The number of hydrogen-bond donors (Lipinski definition) is 2. The minimum absolute atomic E-state index is 0. The molecule has 0 spiro atoms. The maximum absolute atomic E-state index is 11.3. The van der Waals surface area contributed by atoms with Crippen LogP contribution in [0.2, 0.25) is 0 Å². The van der Waals surface area contributed by atoms with E-state index in [4.69, 9.17) is 0 Å². The minimum atomic E-state index is -2.66. The second-order valence-corrected chi connectivity index (χ2v) is 1.06. The van der Waals surface area contributed by atoms with Crippen molar-refractivity contribution in [1.82, 2.24) is 5.43 Å². The summed E-state index contributed by atoms with van der Waals surface area (Å²) in [6.45, 7) is 0. The van der Waals surface area contributed by atoms with E-state index in [1.807, 2.05) is 0 Å². The van der Waals surface area contributed by atoms with Gasteiger partial charge in [-0.3, -0.25) is 0 Å². The second-order valence-electron chi connectivity index (χ2n) is 1.06. The molecule has 0 saturated heterocycles. The Morgan fingerprint density at radius 3 is 2.22 bits per heavy atom. The topological polar surface area (TPSA) is 50.4 Å². The van der Waals surface area contributed by atoms with Crippen LogP contribution in [-0.4, -0.2) is 19.3 Å². The standard InChI is InChI=1S/C3H7F2N3.ClH/c1-7-8-3(6)2(4)5;/h2,7H,1H3,(H2,6,8);1H. The molecule has 0 heterocycles. The molecule has 6 heteroatoms. The van der Waals surface area contributed by atoms with E-state index in [2.05, 4.69) is 16.3 Å². The Morgan fingerprint density at radius 1 is 1.67 bits per heavy atom. The molecule has 0 aliphatic heterocycles. The Kier molecular flexibility index (Phi) is 6.94. The number of amidine groups is 1. The zero-order valence-corrected chi connectivity index (χ0v) is 5.58. The van der Waals surface area contributed by atoms with Crippen LogP contribution in [0.1, 0.15) is 0 Å². The van der Waals surface area contributed by atoms with Crippen molar-refractivity contribution in [3.8, 4) is 0 Å². The molecule has 0 aliphatic carbocycles. The van der Waals surface area contributed by atoms with Crippen molar-refractivity contribution in [3.63, 3.8) is 0 Å². The second kappa shape index (κ2) is 5.55. The number of halogens is 3. The van der Waals surface area contributed by atoms with Gasteiger partial charge in [-0.2, -0.15) is 5.10 Å². The van der Waals surface area contributed by atoms with Crippen LogP contribution in [0.25, 0.3) is 0 Å². The van der Waals surface area contributed by atoms with Crippen molar-refractivity contribution in [2.75, 3.05) is 7.05 Å². The van der Waals surface area contributed by atoms with Crippen molar-refractivity contribution < 1.29 is 8.78 Å². The van der Waals surface area contributed by atoms with Crippen molar-refractivity contribution in [2.24, 2.45) is 10.8 Å². The van der Waals surface area contributed by atoms with E-state index < -0.39 is 12.3 Å². The van der Waals surface area contributed by atoms with Crippen LogP contribution in [0, 0.1) is 0 Å². The van der Waals surface area contributed by atoms with E-state index in [1.165, 1.54) is 7.05 Å². The van der Waals surface area contributed by atoms with Crippen LogP contribution < -0.4 is 11.2 Å². The first-order valence-electron chi connectivity index (χ1n) is 1.96. The van der Waals surface area contributed by atoms with Gasteiger partial charge >= 0.3 is 0 Å². The molecule has 0 saturated carbocycles. The third-order valence-corrected chi connectivity index (χ3v) is 0.464. The molecule has 0 aliphatic rings. The lowest BCUT2D eigenvalue weighted by molar-refractivity contribution is 0.223. The van der Waals surface area contributed by atoms with Gasteiger partial charge in [-0.1, -0.05) is 0 Å². The molecule has 3 N–H and O–H groups in total. The lowest BCUT2D eigenvalue weighted by atomic mass is 10.7. The Hall–Kier alpha value is -0.580. The third-order valence-electron chi connectivity index (χ3n) is 0.464. The van der Waals surface area contributed by atoms with Gasteiger partial charge in [-0.05, 0) is 0 Å². The van der Waals surface area contributed by atoms with Crippen molar-refractivity contribution in [1.29, 1.82) is 0 Å². The highest BCUT2D eigenvalue weighted by molar-refractivity contribution is 5.85. The maximum atomic E-state index is 11.3. The fourth-order valence-electron chi connectivity index (χ4n) is 0.178. The summed E-state index contributed by atoms with van der Waals surface area (Å²) in [5.74, 6) is -0.687. The van der Waals surface area contributed by atoms with Gasteiger partial charge in [-0.25, -0.2) is 8.78 Å². The number of nitrogens with one attached hydrogen (secondary N) is 1. The first-order valence-corrected chi connectivity index (χ1v) is 1.96. The predicted octanol–water partition coefficient (Wildman–Crippen LogP) is 0.165. The first-order chi connectivity index (χ1) is 3.68. The fourth-order valence-corrected chi connectivity index (χ4v) is 0.178. The van der Waals surface area contributed by atoms with Crippen molar-refractivity contribution in [3.05, 3.63) is 0 Å². The molecule has 0 unspecified atom stereocenters. The number of hydrazone groups is 1. The molecule has 56 valence electrons. The normalized spacial score (nSPS) is 10.9. The number of rotatable bonds is 2. The van der Waals surface area contributed by atoms with E-state index in [0.29, 0.717) is 0 Å². The zero-order valence-electron chi connectivity index (χ0n) is 4.77. The van der Waals surface area contributed by atoms with Gasteiger partial charge in [0.2, 0.25) is 0 Å². The van der Waals surface area contributed by atoms with Crippen LogP contribution in [-0.2, 0) is 0 Å². The Bertz CT molecular complexity index is 95.1. The number of nitrogens with zero attached hydrogens (tertiary/aromatic N) is 1. The molecule has 0 bridgehead atoms. The molecule has 9 heavy (non-hydrogen) atoms. The Balaban J connectivity index is 0. The lowest BCUT2D eigenvalue weighted by Crippen LogP contribution is -2.23. The Labute approximate surface area is 57.7 Å². The lowest BCUT2D eigenvalue weighted by Gasteiger charge is -1.94. The van der Waals surface area contributed by atoms with Crippen LogP contribution in [0.15, 0.2) is 5.10 Å². The van der Waals surface area contributed by atoms with Crippen molar-refractivity contribution in [2.45, 2.75) is 6.43 Å². The number of alkyl halides is 2. The van der Waals surface area contributed by atoms with Crippen LogP contribution in [0.5, 0.6) is 0 Å². The summed E-state index contributed by atoms with van der Waals surface area (Å²) >= 11 is 0. The molecular weight excluding hydrogens is 152 g/mol. The molecule has 0 radical (unpaired) electrons. The number of nitrogens with two attached hydrogens (primary N) is 1. The molecule has 0 aromatic heterocycles. The summed E-state index contributed by atoms with van der Waals surface area (Å²) in [6.07, 6.45) is -2.66. The molecule has 0 atom stereocenters. The van der Waals surface area contributed by atoms with Crippen LogP contribution in [0.4, 0.5) is 8.78 Å². The van der Waals surface area contributed by atoms with Gasteiger partial charge in [0.25, 0.3) is 6.43 Å². The quantitative estimate of drug-likeness (QED) is 0.343. The van der Waals surface area contributed by atoms with E-state index >= 15 is 0 Å². The largest absolute Gasteiger partial charge is 0.381 e. The van der Waals surface area contributed by atoms with Crippen LogP contribution in [0.3, 0.4) is 0 Å². The van der Waals surface area contributed by atoms with Gasteiger partial charge in [0.05, 0.1) is 0 Å². The summed E-state index contributed by atoms with van der Waals surface area (Å²) in [7, 11) is 1.40. The molecular formula is C3H8ClF2N3. The van der Waals surface area contributed by atoms with E-state index in [0.717, 1.165) is 0 Å². The van der Waals surface area contributed by atoms with Crippen molar-refractivity contribution >= 4 is 18.2 Å². The monoisotopic (exact) mass is 159 g/mol. The van der Waals surface area contributed by atoms with Gasteiger partial charge in [0, 0.05) is 7.05 Å². The molecule has 0 aromatic carbocycles. The zero-order chi connectivity index (χ0) is 6.57. The summed E-state index contributed by atoms with van der Waals surface area (Å²) in [4.78, 5) is 0. The van der Waals surface area contributed by atoms with E-state index in [1.54, 1.807) is 0 Å². The average Bonchev–Trinajstić information content (AvgIpc) is 1.67. The molecule has 0 amide bonds. The molecule has 0 fully saturated rings. The van der Waals surface area contributed by atoms with Gasteiger partial charge in [0.1, 0.15) is 0 Å². The van der Waals surface area contributed by atoms with E-state index in [-0.39, 0.29) is 12.4 Å². The highest BCUT2D eigenvalue weighted by Crippen LogP contribution is 1.88. The highest BCUT2D eigenvalue weighted by atomic mass is 35.5. The summed E-state index contributed by atoms with van der Waals surface area (Å²) in [6, 6.07) is 0. The predicted molar refractivity (Wildman–Crippen MR) is 33.9 cm³/mol. The third kappa shape index (κ3) is 5.29. The molecule has 0 aromatic rings. The minimum Gasteiger partial charge on any atom is -0.381 e. The average molecular weight is 160 g/mol. The Morgan fingerprint density at radius 2 is 2.11 bits per heavy atom. The molecule has 0 rings (SSSR count). The van der Waals surface area contributed by atoms with Gasteiger partial charge in [0.15, 0.2) is 5.84 Å². The fraction of sp³-hybridized carbons (Fsp3) is 0.667. The molecule has 3 nitrogen and oxygen atoms in total. The smallest absolute Gasteiger partial charge is 0.296 e. The highest BCUT2D eigenvalue weighted by Gasteiger charge is 2.05. The van der Waals surface area contributed by atoms with Gasteiger partial charge in [-0.15, -0.1) is 12.4 Å². The van der Waals surface area contributed by atoms with Gasteiger partial charge < -0.3 is 11.2 Å². The summed E-state index contributed by atoms with van der Waals surface area (Å²) in [5.41, 5.74) is 6.80. The van der Waals surface area contributed by atoms with Crippen LogP contribution >= 0.6 is 12.4 Å². The summed E-state index contributed by atoms with van der Waals surface area (Å²) in [5, 5.41) is 3.02. The maximum Gasteiger partial charge on any atom is 0.296 e. The summed E-state index contributed by atoms with van der Waals surface area (Å²) < 4.78 is 22.6. The van der Waals surface area contributed by atoms with E-state index in [9.17, 15) is 8.78 Å². The first kappa shape index (κ1) is 11.2. The number of hydrogen-bond acceptors (Lipinski definition) is 2. The SMILES string of the molecule is CN/N=C(/N)C(F)F.Cl.